The minimum Gasteiger partial charge on any atom is -0.511 e. The first-order valence-electron chi connectivity index (χ1n) is 7.21. The van der Waals surface area contributed by atoms with Gasteiger partial charge in [0.15, 0.2) is 12.4 Å². The molecule has 1 aliphatic rings. The van der Waals surface area contributed by atoms with Crippen LogP contribution in [0.1, 0.15) is 44.9 Å². The Labute approximate surface area is 139 Å². The van der Waals surface area contributed by atoms with Gasteiger partial charge in [-0.15, -0.1) is 11.3 Å². The van der Waals surface area contributed by atoms with E-state index in [1.54, 1.807) is 6.07 Å². The Hall–Kier alpha value is -1.33. The van der Waals surface area contributed by atoms with Crippen LogP contribution in [0.3, 0.4) is 0 Å². The molecule has 0 fully saturated rings. The van der Waals surface area contributed by atoms with Crippen molar-refractivity contribution in [1.29, 1.82) is 0 Å². The fourth-order valence-electron chi connectivity index (χ4n) is 2.51. The highest BCUT2D eigenvalue weighted by Crippen LogP contribution is 2.36. The molecule has 22 heavy (non-hydrogen) atoms. The second-order valence-electron chi connectivity index (χ2n) is 6.13. The molecule has 0 saturated heterocycles. The Morgan fingerprint density at radius 3 is 2.73 bits per heavy atom. The molecule has 1 heterocycles. The number of thiophene rings is 1. The molecule has 0 atom stereocenters. The second-order valence-corrected chi connectivity index (χ2v) is 7.93. The summed E-state index contributed by atoms with van der Waals surface area (Å²) in [4.78, 5) is 18.6. The molecule has 1 aromatic heterocycles. The topological polar surface area (TPSA) is 58.9 Å². The van der Waals surface area contributed by atoms with Crippen molar-refractivity contribution in [3.05, 3.63) is 32.7 Å². The molecule has 120 valence electrons. The molecule has 6 heteroatoms. The summed E-state index contributed by atoms with van der Waals surface area (Å²) >= 11 is 7.28. The molecular weight excluding hydrogens is 322 g/mol. The second kappa shape index (κ2) is 6.84. The number of hydrogen-bond donors (Lipinski definition) is 1. The van der Waals surface area contributed by atoms with Crippen LogP contribution in [-0.4, -0.2) is 16.6 Å². The summed E-state index contributed by atoms with van der Waals surface area (Å²) in [5.41, 5.74) is 0.615. The van der Waals surface area contributed by atoms with E-state index in [9.17, 15) is 9.90 Å². The molecule has 0 unspecified atom stereocenters. The summed E-state index contributed by atoms with van der Waals surface area (Å²) in [7, 11) is 0. The molecule has 4 nitrogen and oxygen atoms in total. The highest BCUT2D eigenvalue weighted by Gasteiger charge is 2.34. The van der Waals surface area contributed by atoms with Crippen molar-refractivity contribution in [1.82, 2.24) is 0 Å². The maximum Gasteiger partial charge on any atom is 0.168 e. The zero-order valence-corrected chi connectivity index (χ0v) is 14.6. The highest BCUT2D eigenvalue weighted by atomic mass is 35.5. The van der Waals surface area contributed by atoms with Gasteiger partial charge in [0.1, 0.15) is 5.76 Å². The first kappa shape index (κ1) is 17.0. The van der Waals surface area contributed by atoms with E-state index >= 15 is 0 Å². The number of rotatable bonds is 5. The molecule has 1 aliphatic carbocycles. The maximum absolute atomic E-state index is 12.3. The number of aliphatic hydroxyl groups is 1. The molecular formula is C16H20ClNO3S. The van der Waals surface area contributed by atoms with Crippen molar-refractivity contribution in [3.8, 4) is 0 Å². The van der Waals surface area contributed by atoms with Crippen LogP contribution >= 0.6 is 22.9 Å². The third-order valence-corrected chi connectivity index (χ3v) is 4.69. The average Bonchev–Trinajstić information content (AvgIpc) is 2.80. The van der Waals surface area contributed by atoms with Crippen molar-refractivity contribution in [2.24, 2.45) is 10.6 Å². The fourth-order valence-corrected chi connectivity index (χ4v) is 3.50. The van der Waals surface area contributed by atoms with E-state index in [1.165, 1.54) is 11.3 Å². The number of carbonyl (C=O) groups excluding carboxylic acids is 1. The van der Waals surface area contributed by atoms with Crippen LogP contribution in [-0.2, 0) is 16.2 Å². The predicted molar refractivity (Wildman–Crippen MR) is 89.5 cm³/mol. The predicted octanol–water partition coefficient (Wildman–Crippen LogP) is 4.89. The Bertz CT molecular complexity index is 631. The van der Waals surface area contributed by atoms with Crippen LogP contribution in [0, 0.1) is 5.41 Å². The average molecular weight is 342 g/mol. The Balaban J connectivity index is 2.13. The lowest BCUT2D eigenvalue weighted by Crippen LogP contribution is -2.29. The number of ketones is 1. The van der Waals surface area contributed by atoms with Crippen molar-refractivity contribution in [2.45, 2.75) is 46.6 Å². The zero-order chi connectivity index (χ0) is 16.3. The van der Waals surface area contributed by atoms with Gasteiger partial charge >= 0.3 is 0 Å². The highest BCUT2D eigenvalue weighted by molar-refractivity contribution is 7.16. The smallest absolute Gasteiger partial charge is 0.168 e. The van der Waals surface area contributed by atoms with Gasteiger partial charge in [-0.05, 0) is 24.0 Å². The van der Waals surface area contributed by atoms with E-state index in [2.05, 4.69) is 5.16 Å². The largest absolute Gasteiger partial charge is 0.511 e. The maximum atomic E-state index is 12.3. The van der Waals surface area contributed by atoms with Crippen LogP contribution in [0.2, 0.25) is 4.34 Å². The first-order valence-corrected chi connectivity index (χ1v) is 8.40. The summed E-state index contributed by atoms with van der Waals surface area (Å²) in [6, 6.07) is 3.68. The zero-order valence-electron chi connectivity index (χ0n) is 13.0. The van der Waals surface area contributed by atoms with Crippen LogP contribution in [0.15, 0.2) is 28.6 Å². The lowest BCUT2D eigenvalue weighted by Gasteiger charge is -2.29. The summed E-state index contributed by atoms with van der Waals surface area (Å²) in [5, 5.41) is 14.3. The van der Waals surface area contributed by atoms with Crippen LogP contribution in [0.4, 0.5) is 0 Å². The summed E-state index contributed by atoms with van der Waals surface area (Å²) < 4.78 is 0.698. The number of allylic oxidation sites excluding steroid dienone is 2. The molecule has 0 aliphatic heterocycles. The van der Waals surface area contributed by atoms with E-state index in [0.717, 1.165) is 4.88 Å². The standard InChI is InChI=1S/C16H20ClNO3S/c1-4-11(18-21-9-10-5-6-14(17)22-10)15-12(19)7-16(2,3)8-13(15)20/h5-6,19H,4,7-9H2,1-3H3. The van der Waals surface area contributed by atoms with Gasteiger partial charge in [0.25, 0.3) is 0 Å². The number of aliphatic hydroxyl groups excluding tert-OH is 1. The molecule has 0 amide bonds. The number of carbonyl (C=O) groups is 1. The van der Waals surface area contributed by atoms with Crippen molar-refractivity contribution >= 4 is 34.4 Å². The molecule has 2 rings (SSSR count). The van der Waals surface area contributed by atoms with E-state index < -0.39 is 0 Å². The Kier molecular flexibility index (Phi) is 5.29. The fraction of sp³-hybridized carbons (Fsp3) is 0.500. The van der Waals surface area contributed by atoms with Gasteiger partial charge in [0.2, 0.25) is 0 Å². The molecule has 1 N–H and O–H groups in total. The number of halogens is 1. The van der Waals surface area contributed by atoms with Gasteiger partial charge in [0, 0.05) is 17.7 Å². The number of oxime groups is 1. The van der Waals surface area contributed by atoms with Gasteiger partial charge in [-0.25, -0.2) is 0 Å². The monoisotopic (exact) mass is 341 g/mol. The van der Waals surface area contributed by atoms with E-state index in [-0.39, 0.29) is 17.0 Å². The normalized spacial score (nSPS) is 18.7. The van der Waals surface area contributed by atoms with Crippen molar-refractivity contribution in [2.75, 3.05) is 0 Å². The number of Topliss-reactive ketones (excluding diaryl/α,β-unsaturated/α-hetero) is 1. The Morgan fingerprint density at radius 1 is 1.45 bits per heavy atom. The Morgan fingerprint density at radius 2 is 2.18 bits per heavy atom. The molecule has 0 radical (unpaired) electrons. The van der Waals surface area contributed by atoms with Crippen molar-refractivity contribution in [3.63, 3.8) is 0 Å². The summed E-state index contributed by atoms with van der Waals surface area (Å²) in [6.07, 6.45) is 1.41. The van der Waals surface area contributed by atoms with Gasteiger partial charge in [-0.2, -0.15) is 0 Å². The lowest BCUT2D eigenvalue weighted by atomic mass is 9.75. The van der Waals surface area contributed by atoms with E-state index in [1.807, 2.05) is 26.8 Å². The molecule has 0 spiro atoms. The molecule has 1 aromatic rings. The molecule has 0 saturated carbocycles. The number of nitrogens with zero attached hydrogens (tertiary/aromatic N) is 1. The molecule has 0 bridgehead atoms. The van der Waals surface area contributed by atoms with Crippen LogP contribution in [0.25, 0.3) is 0 Å². The van der Waals surface area contributed by atoms with Gasteiger partial charge in [0.05, 0.1) is 15.6 Å². The van der Waals surface area contributed by atoms with Gasteiger partial charge < -0.3 is 9.94 Å². The third-order valence-electron chi connectivity index (χ3n) is 3.49. The van der Waals surface area contributed by atoms with E-state index in [4.69, 9.17) is 16.4 Å². The quantitative estimate of drug-likeness (QED) is 0.613. The van der Waals surface area contributed by atoms with Gasteiger partial charge in [-0.3, -0.25) is 4.79 Å². The summed E-state index contributed by atoms with van der Waals surface area (Å²) in [5.74, 6) is 0.0433. The number of hydrogen-bond acceptors (Lipinski definition) is 5. The van der Waals surface area contributed by atoms with E-state index in [0.29, 0.717) is 41.5 Å². The van der Waals surface area contributed by atoms with Crippen LogP contribution in [0.5, 0.6) is 0 Å². The first-order chi connectivity index (χ1) is 10.3. The summed E-state index contributed by atoms with van der Waals surface area (Å²) in [6.45, 7) is 6.13. The van der Waals surface area contributed by atoms with Crippen molar-refractivity contribution < 1.29 is 14.7 Å². The SMILES string of the molecule is CCC(=NOCc1ccc(Cl)s1)C1=C(O)CC(C)(C)CC1=O. The molecule has 0 aromatic carbocycles. The lowest BCUT2D eigenvalue weighted by molar-refractivity contribution is -0.118. The van der Waals surface area contributed by atoms with Crippen LogP contribution < -0.4 is 0 Å². The van der Waals surface area contributed by atoms with Gasteiger partial charge in [-0.1, -0.05) is 37.5 Å². The minimum absolute atomic E-state index is 0.0721. The minimum atomic E-state index is -0.210. The third kappa shape index (κ3) is 4.11.